The fraction of sp³-hybridized carbons (Fsp3) is 0.533. The summed E-state index contributed by atoms with van der Waals surface area (Å²) in [5.74, 6) is 0.132. The van der Waals surface area contributed by atoms with Gasteiger partial charge in [-0.3, -0.25) is 4.79 Å². The summed E-state index contributed by atoms with van der Waals surface area (Å²) in [5, 5.41) is 3.05. The highest BCUT2D eigenvalue weighted by atomic mass is 16.5. The van der Waals surface area contributed by atoms with Crippen LogP contribution in [0.3, 0.4) is 0 Å². The molecule has 4 heteroatoms. The van der Waals surface area contributed by atoms with Crippen LogP contribution in [0.1, 0.15) is 31.2 Å². The minimum atomic E-state index is -0.313. The van der Waals surface area contributed by atoms with Crippen LogP contribution >= 0.6 is 0 Å². The van der Waals surface area contributed by atoms with Gasteiger partial charge in [-0.2, -0.15) is 0 Å². The number of nitrogens with two attached hydrogens (primary N) is 1. The molecule has 3 rings (SSSR count). The molecule has 0 bridgehead atoms. The SMILES string of the molecule is Nc1ccc(C2(C(=O)NCC3CCCO3)CC2)cc1. The zero-order valence-corrected chi connectivity index (χ0v) is 11.0. The molecule has 0 radical (unpaired) electrons. The van der Waals surface area contributed by atoms with Crippen molar-refractivity contribution >= 4 is 11.6 Å². The lowest BCUT2D eigenvalue weighted by molar-refractivity contribution is -0.124. The smallest absolute Gasteiger partial charge is 0.230 e. The highest BCUT2D eigenvalue weighted by molar-refractivity contribution is 5.91. The van der Waals surface area contributed by atoms with E-state index in [1.54, 1.807) is 0 Å². The summed E-state index contributed by atoms with van der Waals surface area (Å²) in [4.78, 5) is 12.4. The van der Waals surface area contributed by atoms with Crippen molar-refractivity contribution in [1.82, 2.24) is 5.32 Å². The first-order valence-electron chi connectivity index (χ1n) is 6.97. The first kappa shape index (κ1) is 12.5. The Bertz CT molecular complexity index is 460. The van der Waals surface area contributed by atoms with E-state index in [-0.39, 0.29) is 17.4 Å². The minimum Gasteiger partial charge on any atom is -0.399 e. The molecule has 1 amide bonds. The predicted octanol–water partition coefficient (Wildman–Crippen LogP) is 1.60. The van der Waals surface area contributed by atoms with E-state index in [0.717, 1.165) is 43.5 Å². The van der Waals surface area contributed by atoms with E-state index in [1.807, 2.05) is 24.3 Å². The zero-order valence-electron chi connectivity index (χ0n) is 11.0. The first-order valence-corrected chi connectivity index (χ1v) is 6.97. The Morgan fingerprint density at radius 2 is 2.11 bits per heavy atom. The van der Waals surface area contributed by atoms with Crippen LogP contribution < -0.4 is 11.1 Å². The Balaban J connectivity index is 1.63. The zero-order chi connectivity index (χ0) is 13.3. The number of nitrogen functional groups attached to an aromatic ring is 1. The fourth-order valence-electron chi connectivity index (χ4n) is 2.76. The van der Waals surface area contributed by atoms with Gasteiger partial charge in [-0.05, 0) is 43.4 Å². The van der Waals surface area contributed by atoms with Crippen LogP contribution in [0.5, 0.6) is 0 Å². The predicted molar refractivity (Wildman–Crippen MR) is 73.8 cm³/mol. The molecular formula is C15H20N2O2. The lowest BCUT2D eigenvalue weighted by atomic mass is 9.94. The molecule has 1 aliphatic carbocycles. The molecule has 0 aromatic heterocycles. The summed E-state index contributed by atoms with van der Waals surface area (Å²) < 4.78 is 5.53. The van der Waals surface area contributed by atoms with E-state index in [0.29, 0.717) is 6.54 Å². The van der Waals surface area contributed by atoms with E-state index in [4.69, 9.17) is 10.5 Å². The maximum atomic E-state index is 12.4. The second-order valence-corrected chi connectivity index (χ2v) is 5.55. The summed E-state index contributed by atoms with van der Waals surface area (Å²) in [7, 11) is 0. The highest BCUT2D eigenvalue weighted by Crippen LogP contribution is 2.48. The van der Waals surface area contributed by atoms with Gasteiger partial charge in [-0.15, -0.1) is 0 Å². The molecular weight excluding hydrogens is 240 g/mol. The van der Waals surface area contributed by atoms with Gasteiger partial charge in [-0.1, -0.05) is 12.1 Å². The average molecular weight is 260 g/mol. The summed E-state index contributed by atoms with van der Waals surface area (Å²) >= 11 is 0. The minimum absolute atomic E-state index is 0.132. The molecule has 1 saturated carbocycles. The largest absolute Gasteiger partial charge is 0.399 e. The molecule has 3 N–H and O–H groups in total. The Morgan fingerprint density at radius 3 is 2.68 bits per heavy atom. The molecule has 1 heterocycles. The van der Waals surface area contributed by atoms with Crippen LogP contribution in [0.15, 0.2) is 24.3 Å². The van der Waals surface area contributed by atoms with Crippen molar-refractivity contribution in [3.63, 3.8) is 0 Å². The molecule has 1 atom stereocenters. The molecule has 1 aromatic rings. The normalized spacial score (nSPS) is 24.1. The molecule has 1 saturated heterocycles. The van der Waals surface area contributed by atoms with Gasteiger partial charge in [0.15, 0.2) is 0 Å². The molecule has 1 aliphatic heterocycles. The second-order valence-electron chi connectivity index (χ2n) is 5.55. The van der Waals surface area contributed by atoms with Gasteiger partial charge < -0.3 is 15.8 Å². The number of rotatable bonds is 4. The van der Waals surface area contributed by atoms with Crippen molar-refractivity contribution in [1.29, 1.82) is 0 Å². The standard InChI is InChI=1S/C15H20N2O2/c16-12-5-3-11(4-6-12)15(7-8-15)14(18)17-10-13-2-1-9-19-13/h3-6,13H,1-2,7-10,16H2,(H,17,18). The molecule has 0 spiro atoms. The third-order valence-electron chi connectivity index (χ3n) is 4.16. The summed E-state index contributed by atoms with van der Waals surface area (Å²) in [6, 6.07) is 7.66. The summed E-state index contributed by atoms with van der Waals surface area (Å²) in [6.45, 7) is 1.46. The molecule has 4 nitrogen and oxygen atoms in total. The Kier molecular flexibility index (Phi) is 3.19. The number of hydrogen-bond donors (Lipinski definition) is 2. The maximum Gasteiger partial charge on any atom is 0.230 e. The van der Waals surface area contributed by atoms with Crippen LogP contribution in [0.25, 0.3) is 0 Å². The molecule has 2 fully saturated rings. The lowest BCUT2D eigenvalue weighted by Crippen LogP contribution is -2.39. The number of anilines is 1. The van der Waals surface area contributed by atoms with Gasteiger partial charge in [0.1, 0.15) is 0 Å². The third-order valence-corrected chi connectivity index (χ3v) is 4.16. The number of carbonyl (C=O) groups is 1. The monoisotopic (exact) mass is 260 g/mol. The van der Waals surface area contributed by atoms with E-state index in [2.05, 4.69) is 5.32 Å². The number of benzene rings is 1. The van der Waals surface area contributed by atoms with Crippen molar-refractivity contribution in [2.75, 3.05) is 18.9 Å². The van der Waals surface area contributed by atoms with Crippen LogP contribution in [-0.4, -0.2) is 25.2 Å². The maximum absolute atomic E-state index is 12.4. The van der Waals surface area contributed by atoms with Crippen molar-refractivity contribution < 1.29 is 9.53 Å². The van der Waals surface area contributed by atoms with Gasteiger partial charge in [0.25, 0.3) is 0 Å². The van der Waals surface area contributed by atoms with Gasteiger partial charge in [-0.25, -0.2) is 0 Å². The molecule has 1 unspecified atom stereocenters. The van der Waals surface area contributed by atoms with Crippen LogP contribution in [0.4, 0.5) is 5.69 Å². The molecule has 2 aliphatic rings. The molecule has 19 heavy (non-hydrogen) atoms. The number of carbonyl (C=O) groups excluding carboxylic acids is 1. The van der Waals surface area contributed by atoms with Crippen molar-refractivity contribution in [3.8, 4) is 0 Å². The van der Waals surface area contributed by atoms with Gasteiger partial charge in [0.2, 0.25) is 5.91 Å². The average Bonchev–Trinajstić information content (AvgIpc) is 3.07. The van der Waals surface area contributed by atoms with E-state index in [9.17, 15) is 4.79 Å². The van der Waals surface area contributed by atoms with Gasteiger partial charge in [0, 0.05) is 18.8 Å². The van der Waals surface area contributed by atoms with Crippen LogP contribution in [0, 0.1) is 0 Å². The fourth-order valence-corrected chi connectivity index (χ4v) is 2.76. The Hall–Kier alpha value is -1.55. The van der Waals surface area contributed by atoms with E-state index < -0.39 is 0 Å². The van der Waals surface area contributed by atoms with E-state index in [1.165, 1.54) is 0 Å². The first-order chi connectivity index (χ1) is 9.21. The van der Waals surface area contributed by atoms with Gasteiger partial charge in [0.05, 0.1) is 11.5 Å². The summed E-state index contributed by atoms with van der Waals surface area (Å²) in [5.41, 5.74) is 7.19. The number of nitrogens with one attached hydrogen (secondary N) is 1. The number of ether oxygens (including phenoxy) is 1. The van der Waals surface area contributed by atoms with E-state index >= 15 is 0 Å². The van der Waals surface area contributed by atoms with Crippen LogP contribution in [-0.2, 0) is 14.9 Å². The highest BCUT2D eigenvalue weighted by Gasteiger charge is 2.51. The van der Waals surface area contributed by atoms with Crippen LogP contribution in [0.2, 0.25) is 0 Å². The third kappa shape index (κ3) is 2.45. The summed E-state index contributed by atoms with van der Waals surface area (Å²) in [6.07, 6.45) is 4.20. The quantitative estimate of drug-likeness (QED) is 0.808. The van der Waals surface area contributed by atoms with Gasteiger partial charge >= 0.3 is 0 Å². The topological polar surface area (TPSA) is 64.4 Å². The van der Waals surface area contributed by atoms with Crippen molar-refractivity contribution in [2.24, 2.45) is 0 Å². The number of amides is 1. The number of hydrogen-bond acceptors (Lipinski definition) is 3. The Morgan fingerprint density at radius 1 is 1.37 bits per heavy atom. The lowest BCUT2D eigenvalue weighted by Gasteiger charge is -2.18. The Labute approximate surface area is 113 Å². The second kappa shape index (κ2) is 4.85. The molecule has 1 aromatic carbocycles. The van der Waals surface area contributed by atoms with Crippen molar-refractivity contribution in [2.45, 2.75) is 37.2 Å². The van der Waals surface area contributed by atoms with Crippen molar-refractivity contribution in [3.05, 3.63) is 29.8 Å². The molecule has 102 valence electrons.